The lowest BCUT2D eigenvalue weighted by Gasteiger charge is -2.27. The average Bonchev–Trinajstić information content (AvgIpc) is 3.26. The average molecular weight is 459 g/mol. The fourth-order valence-electron chi connectivity index (χ4n) is 4.75. The van der Waals surface area contributed by atoms with Crippen molar-refractivity contribution in [2.45, 2.75) is 12.5 Å². The van der Waals surface area contributed by atoms with Crippen molar-refractivity contribution in [2.24, 2.45) is 5.92 Å². The van der Waals surface area contributed by atoms with Crippen molar-refractivity contribution < 1.29 is 9.47 Å². The van der Waals surface area contributed by atoms with Gasteiger partial charge in [-0.3, -0.25) is 4.90 Å². The highest BCUT2D eigenvalue weighted by Crippen LogP contribution is 2.42. The first-order chi connectivity index (χ1) is 15.7. The Morgan fingerprint density at radius 1 is 1.00 bits per heavy atom. The van der Waals surface area contributed by atoms with Gasteiger partial charge >= 0.3 is 0 Å². The maximum Gasteiger partial charge on any atom is 0.122 e. The lowest BCUT2D eigenvalue weighted by molar-refractivity contribution is 0.212. The van der Waals surface area contributed by atoms with Gasteiger partial charge in [0.1, 0.15) is 11.5 Å². The Kier molecular flexibility index (Phi) is 7.03. The van der Waals surface area contributed by atoms with Crippen LogP contribution in [-0.4, -0.2) is 31.7 Å². The molecule has 5 heteroatoms. The smallest absolute Gasteiger partial charge is 0.122 e. The van der Waals surface area contributed by atoms with Crippen LogP contribution in [0.3, 0.4) is 0 Å². The molecular formula is C28H27ClN2O2. The molecule has 0 aromatic heterocycles. The number of likely N-dealkylation sites (tertiary alicyclic amines) is 1. The van der Waals surface area contributed by atoms with Crippen LogP contribution in [0.4, 0.5) is 0 Å². The van der Waals surface area contributed by atoms with E-state index >= 15 is 0 Å². The highest BCUT2D eigenvalue weighted by Gasteiger charge is 2.38. The second kappa shape index (κ2) is 10.1. The number of nitrogens with zero attached hydrogens (tertiary/aromatic N) is 2. The molecule has 33 heavy (non-hydrogen) atoms. The second-order valence-electron chi connectivity index (χ2n) is 8.58. The molecule has 0 radical (unpaired) electrons. The maximum atomic E-state index is 9.26. The molecule has 2 unspecified atom stereocenters. The Morgan fingerprint density at radius 2 is 1.70 bits per heavy atom. The zero-order valence-corrected chi connectivity index (χ0v) is 19.4. The molecule has 3 aromatic rings. The summed E-state index contributed by atoms with van der Waals surface area (Å²) < 4.78 is 11.2. The quantitative estimate of drug-likeness (QED) is 0.455. The zero-order valence-electron chi connectivity index (χ0n) is 18.6. The topological polar surface area (TPSA) is 45.5 Å². The van der Waals surface area contributed by atoms with Crippen molar-refractivity contribution >= 4 is 24.6 Å². The van der Waals surface area contributed by atoms with Crippen LogP contribution in [0.2, 0.25) is 0 Å². The van der Waals surface area contributed by atoms with E-state index in [1.165, 1.54) is 16.7 Å². The van der Waals surface area contributed by atoms with E-state index in [2.05, 4.69) is 59.5 Å². The van der Waals surface area contributed by atoms with Gasteiger partial charge in [-0.05, 0) is 47.0 Å². The summed E-state index contributed by atoms with van der Waals surface area (Å²) >= 11 is 0. The molecule has 3 aromatic carbocycles. The van der Waals surface area contributed by atoms with Gasteiger partial charge in [0.2, 0.25) is 0 Å². The van der Waals surface area contributed by atoms with Gasteiger partial charge < -0.3 is 9.47 Å². The van der Waals surface area contributed by atoms with E-state index in [1.807, 2.05) is 30.3 Å². The lowest BCUT2D eigenvalue weighted by atomic mass is 9.86. The minimum absolute atomic E-state index is 0. The Bertz CT molecular complexity index is 1170. The number of methoxy groups -OCH3 is 1. The number of fused-ring (bicyclic) bond motifs is 3. The highest BCUT2D eigenvalue weighted by molar-refractivity contribution is 5.85. The second-order valence-corrected chi connectivity index (χ2v) is 8.58. The van der Waals surface area contributed by atoms with Crippen LogP contribution in [-0.2, 0) is 6.54 Å². The number of rotatable bonds is 5. The van der Waals surface area contributed by atoms with Crippen LogP contribution in [0.25, 0.3) is 12.2 Å². The van der Waals surface area contributed by atoms with Crippen molar-refractivity contribution in [1.29, 1.82) is 5.26 Å². The molecule has 5 rings (SSSR count). The third-order valence-electron chi connectivity index (χ3n) is 6.48. The Balaban J connectivity index is 0.00000259. The minimum Gasteiger partial charge on any atom is -0.497 e. The largest absolute Gasteiger partial charge is 0.497 e. The third-order valence-corrected chi connectivity index (χ3v) is 6.48. The van der Waals surface area contributed by atoms with Crippen LogP contribution in [0.1, 0.15) is 33.7 Å². The standard InChI is InChI=1S/C28H26N2O2.ClH/c1-31-25-11-8-21(9-12-25)3-2-20-4-6-22(7-5-20)16-30-17-24-19-32-28-13-10-23(15-29)14-26(28)27(24)18-30;/h2-14,24,27H,16-19H2,1H3;1H. The highest BCUT2D eigenvalue weighted by atomic mass is 35.5. The molecule has 0 saturated carbocycles. The molecule has 1 saturated heterocycles. The molecule has 2 atom stereocenters. The molecule has 168 valence electrons. The van der Waals surface area contributed by atoms with E-state index in [-0.39, 0.29) is 12.4 Å². The van der Waals surface area contributed by atoms with Crippen LogP contribution >= 0.6 is 12.4 Å². The number of ether oxygens (including phenoxy) is 2. The van der Waals surface area contributed by atoms with Gasteiger partial charge in [0.05, 0.1) is 25.3 Å². The lowest BCUT2D eigenvalue weighted by Crippen LogP contribution is -2.25. The maximum absolute atomic E-state index is 9.26. The summed E-state index contributed by atoms with van der Waals surface area (Å²) in [7, 11) is 1.68. The Labute approximate surface area is 201 Å². The van der Waals surface area contributed by atoms with Crippen LogP contribution in [0.5, 0.6) is 11.5 Å². The van der Waals surface area contributed by atoms with Crippen molar-refractivity contribution in [3.05, 3.63) is 94.5 Å². The molecule has 0 N–H and O–H groups in total. The summed E-state index contributed by atoms with van der Waals surface area (Å²) in [5.74, 6) is 2.75. The van der Waals surface area contributed by atoms with Crippen molar-refractivity contribution in [2.75, 3.05) is 26.8 Å². The van der Waals surface area contributed by atoms with E-state index in [1.54, 1.807) is 7.11 Å². The van der Waals surface area contributed by atoms with E-state index in [0.717, 1.165) is 43.3 Å². The molecule has 0 amide bonds. The molecule has 1 fully saturated rings. The number of hydrogen-bond acceptors (Lipinski definition) is 4. The number of benzene rings is 3. The van der Waals surface area contributed by atoms with Crippen LogP contribution in [0, 0.1) is 17.2 Å². The van der Waals surface area contributed by atoms with Gasteiger partial charge in [-0.15, -0.1) is 12.4 Å². The predicted octanol–water partition coefficient (Wildman–Crippen LogP) is 5.77. The fourth-order valence-corrected chi connectivity index (χ4v) is 4.75. The molecular weight excluding hydrogens is 432 g/mol. The van der Waals surface area contributed by atoms with Crippen molar-refractivity contribution in [3.8, 4) is 17.6 Å². The molecule has 4 nitrogen and oxygen atoms in total. The van der Waals surface area contributed by atoms with Crippen molar-refractivity contribution in [1.82, 2.24) is 4.90 Å². The first kappa shape index (κ1) is 22.9. The predicted molar refractivity (Wildman–Crippen MR) is 134 cm³/mol. The number of hydrogen-bond donors (Lipinski definition) is 0. The van der Waals surface area contributed by atoms with Gasteiger partial charge in [0.15, 0.2) is 0 Å². The fraction of sp³-hybridized carbons (Fsp3) is 0.250. The normalized spacial score (nSPS) is 19.2. The summed E-state index contributed by atoms with van der Waals surface area (Å²) in [6.45, 7) is 3.73. The van der Waals surface area contributed by atoms with E-state index in [0.29, 0.717) is 17.4 Å². The van der Waals surface area contributed by atoms with E-state index in [4.69, 9.17) is 9.47 Å². The summed E-state index contributed by atoms with van der Waals surface area (Å²) in [5, 5.41) is 9.26. The molecule has 0 bridgehead atoms. The van der Waals surface area contributed by atoms with Crippen molar-refractivity contribution in [3.63, 3.8) is 0 Å². The first-order valence-corrected chi connectivity index (χ1v) is 11.0. The Morgan fingerprint density at radius 3 is 2.36 bits per heavy atom. The number of nitriles is 1. The summed E-state index contributed by atoms with van der Waals surface area (Å²) in [6.07, 6.45) is 4.25. The molecule has 2 aliphatic heterocycles. The van der Waals surface area contributed by atoms with Gasteiger partial charge in [-0.2, -0.15) is 5.26 Å². The molecule has 2 aliphatic rings. The number of halogens is 1. The SMILES string of the molecule is COc1ccc(C=Cc2ccc(CN3CC4COc5ccc(C#N)cc5C4C3)cc2)cc1.Cl. The van der Waals surface area contributed by atoms with Gasteiger partial charge in [-0.1, -0.05) is 48.6 Å². The summed E-state index contributed by atoms with van der Waals surface area (Å²) in [6, 6.07) is 24.9. The Hall–Kier alpha value is -3.26. The first-order valence-electron chi connectivity index (χ1n) is 11.0. The summed E-state index contributed by atoms with van der Waals surface area (Å²) in [4.78, 5) is 2.51. The third kappa shape index (κ3) is 5.06. The zero-order chi connectivity index (χ0) is 21.9. The summed E-state index contributed by atoms with van der Waals surface area (Å²) in [5.41, 5.74) is 5.56. The van der Waals surface area contributed by atoms with Gasteiger partial charge in [0, 0.05) is 37.0 Å². The molecule has 0 aliphatic carbocycles. The van der Waals surface area contributed by atoms with Crippen LogP contribution in [0.15, 0.2) is 66.7 Å². The van der Waals surface area contributed by atoms with Gasteiger partial charge in [0.25, 0.3) is 0 Å². The molecule has 2 heterocycles. The minimum atomic E-state index is 0. The van der Waals surface area contributed by atoms with Gasteiger partial charge in [-0.25, -0.2) is 0 Å². The molecule has 0 spiro atoms. The van der Waals surface area contributed by atoms with E-state index in [9.17, 15) is 5.26 Å². The van der Waals surface area contributed by atoms with E-state index < -0.39 is 0 Å². The van der Waals surface area contributed by atoms with Crippen LogP contribution < -0.4 is 9.47 Å². The monoisotopic (exact) mass is 458 g/mol.